The molecule has 0 spiro atoms. The van der Waals surface area contributed by atoms with Crippen LogP contribution in [0.1, 0.15) is 6.42 Å². The number of benzene rings is 1. The Kier molecular flexibility index (Phi) is 2.49. The van der Waals surface area contributed by atoms with E-state index in [-0.39, 0.29) is 6.10 Å². The quantitative estimate of drug-likeness (QED) is 0.596. The number of aliphatic hydroxyl groups excluding tert-OH is 1. The second kappa shape index (κ2) is 4.14. The fourth-order valence-electron chi connectivity index (χ4n) is 1.94. The molecule has 3 rings (SSSR count). The van der Waals surface area contributed by atoms with Crippen LogP contribution in [0.4, 0.5) is 0 Å². The Bertz CT molecular complexity index is 550. The number of para-hydroxylation sites is 1. The smallest absolute Gasteiger partial charge is 0.115 e. The average Bonchev–Trinajstić information content (AvgIpc) is 2.93. The summed E-state index contributed by atoms with van der Waals surface area (Å²) in [6, 6.07) is 7.67. The third kappa shape index (κ3) is 1.99. The lowest BCUT2D eigenvalue weighted by Crippen LogP contribution is -2.20. The summed E-state index contributed by atoms with van der Waals surface area (Å²) in [5.41, 5.74) is 1.70. The van der Waals surface area contributed by atoms with Gasteiger partial charge in [0.25, 0.3) is 0 Å². The van der Waals surface area contributed by atoms with Crippen LogP contribution >= 0.6 is 0 Å². The Hall–Kier alpha value is -1.95. The van der Waals surface area contributed by atoms with Gasteiger partial charge in [-0.1, -0.05) is 12.1 Å². The van der Waals surface area contributed by atoms with E-state index in [1.165, 1.54) is 4.79 Å². The van der Waals surface area contributed by atoms with E-state index in [0.29, 0.717) is 6.54 Å². The van der Waals surface area contributed by atoms with Crippen molar-refractivity contribution in [3.63, 3.8) is 0 Å². The summed E-state index contributed by atoms with van der Waals surface area (Å²) in [6.07, 6.45) is 2.26. The molecule has 17 heavy (non-hydrogen) atoms. The molecule has 1 aromatic carbocycles. The fraction of sp³-hybridized carbons (Fsp3) is 0.364. The minimum Gasteiger partial charge on any atom is -0.391 e. The topological polar surface area (TPSA) is 66.5 Å². The predicted molar refractivity (Wildman–Crippen MR) is 63.6 cm³/mol. The first-order valence-corrected chi connectivity index (χ1v) is 5.60. The van der Waals surface area contributed by atoms with Crippen LogP contribution in [0.25, 0.3) is 11.0 Å². The van der Waals surface area contributed by atoms with Gasteiger partial charge in [0.2, 0.25) is 0 Å². The van der Waals surface area contributed by atoms with Crippen molar-refractivity contribution in [2.75, 3.05) is 13.1 Å². The minimum absolute atomic E-state index is 0.242. The Morgan fingerprint density at radius 2 is 2.29 bits per heavy atom. The van der Waals surface area contributed by atoms with Crippen LogP contribution in [0.5, 0.6) is 0 Å². The fourth-order valence-corrected chi connectivity index (χ4v) is 1.94. The highest BCUT2D eigenvalue weighted by molar-refractivity contribution is 5.74. The molecule has 1 aliphatic heterocycles. The van der Waals surface area contributed by atoms with Crippen molar-refractivity contribution >= 4 is 17.4 Å². The number of hydrogen-bond acceptors (Lipinski definition) is 4. The molecular formula is C11H13N5O. The Morgan fingerprint density at radius 3 is 3.12 bits per heavy atom. The van der Waals surface area contributed by atoms with Crippen molar-refractivity contribution < 1.29 is 5.11 Å². The van der Waals surface area contributed by atoms with E-state index >= 15 is 0 Å². The van der Waals surface area contributed by atoms with E-state index in [1.54, 1.807) is 6.34 Å². The molecule has 88 valence electrons. The van der Waals surface area contributed by atoms with E-state index in [0.717, 1.165) is 24.0 Å². The third-order valence-corrected chi connectivity index (χ3v) is 2.85. The van der Waals surface area contributed by atoms with Crippen LogP contribution < -0.4 is 0 Å². The Morgan fingerprint density at radius 1 is 1.41 bits per heavy atom. The largest absolute Gasteiger partial charge is 0.391 e. The van der Waals surface area contributed by atoms with Gasteiger partial charge in [0.15, 0.2) is 0 Å². The zero-order chi connectivity index (χ0) is 11.7. The van der Waals surface area contributed by atoms with Crippen LogP contribution in [0, 0.1) is 0 Å². The van der Waals surface area contributed by atoms with Gasteiger partial charge in [-0.05, 0) is 23.8 Å². The predicted octanol–water partition coefficient (Wildman–Crippen LogP) is 0.289. The summed E-state index contributed by atoms with van der Waals surface area (Å²) in [4.78, 5) is 3.47. The van der Waals surface area contributed by atoms with Gasteiger partial charge < -0.3 is 10.0 Å². The van der Waals surface area contributed by atoms with Gasteiger partial charge in [0.1, 0.15) is 17.4 Å². The summed E-state index contributed by atoms with van der Waals surface area (Å²) < 4.78 is 0. The molecule has 1 fully saturated rings. The Balaban J connectivity index is 1.83. The lowest BCUT2D eigenvalue weighted by molar-refractivity contribution is 0.189. The van der Waals surface area contributed by atoms with Crippen molar-refractivity contribution in [1.82, 2.24) is 20.0 Å². The standard InChI is InChI=1S/C11H13N5O/c17-9-5-6-15(7-9)8-12-16-11-4-2-1-3-10(11)13-14-16/h1-4,8-9,17H,5-7H2/t9-/m1/s1. The van der Waals surface area contributed by atoms with Crippen LogP contribution in [0.2, 0.25) is 0 Å². The molecule has 6 nitrogen and oxygen atoms in total. The maximum Gasteiger partial charge on any atom is 0.115 e. The van der Waals surface area contributed by atoms with Crippen molar-refractivity contribution in [3.05, 3.63) is 24.3 Å². The summed E-state index contributed by atoms with van der Waals surface area (Å²) in [6.45, 7) is 1.47. The van der Waals surface area contributed by atoms with Crippen molar-refractivity contribution in [3.8, 4) is 0 Å². The number of rotatable bonds is 2. The maximum absolute atomic E-state index is 9.39. The molecule has 0 unspecified atom stereocenters. The van der Waals surface area contributed by atoms with E-state index in [2.05, 4.69) is 15.4 Å². The van der Waals surface area contributed by atoms with Gasteiger partial charge in [-0.15, -0.1) is 15.0 Å². The van der Waals surface area contributed by atoms with E-state index in [9.17, 15) is 5.11 Å². The number of aromatic nitrogens is 3. The first-order chi connectivity index (χ1) is 8.33. The highest BCUT2D eigenvalue weighted by Crippen LogP contribution is 2.10. The molecule has 1 aliphatic rings. The molecule has 0 aliphatic carbocycles. The highest BCUT2D eigenvalue weighted by atomic mass is 16.3. The molecule has 1 aromatic heterocycles. The van der Waals surface area contributed by atoms with Crippen LogP contribution in [0.15, 0.2) is 29.4 Å². The molecule has 2 heterocycles. The molecule has 1 N–H and O–H groups in total. The molecule has 1 saturated heterocycles. The first-order valence-electron chi connectivity index (χ1n) is 5.60. The molecule has 2 aromatic rings. The zero-order valence-electron chi connectivity index (χ0n) is 9.27. The average molecular weight is 231 g/mol. The zero-order valence-corrected chi connectivity index (χ0v) is 9.27. The summed E-state index contributed by atoms with van der Waals surface area (Å²) in [5, 5.41) is 21.6. The highest BCUT2D eigenvalue weighted by Gasteiger charge is 2.17. The molecular weight excluding hydrogens is 218 g/mol. The maximum atomic E-state index is 9.39. The number of hydrogen-bond donors (Lipinski definition) is 1. The molecule has 0 saturated carbocycles. The van der Waals surface area contributed by atoms with Gasteiger partial charge >= 0.3 is 0 Å². The van der Waals surface area contributed by atoms with Gasteiger partial charge in [0.05, 0.1) is 6.10 Å². The molecule has 0 bridgehead atoms. The first kappa shape index (κ1) is 10.2. The van der Waals surface area contributed by atoms with Crippen molar-refractivity contribution in [2.24, 2.45) is 5.10 Å². The second-order valence-electron chi connectivity index (χ2n) is 4.14. The minimum atomic E-state index is -0.242. The van der Waals surface area contributed by atoms with Crippen LogP contribution in [-0.4, -0.2) is 50.6 Å². The SMILES string of the molecule is O[C@@H]1CCN(C=Nn2nnc3ccccc32)C1. The monoisotopic (exact) mass is 231 g/mol. The van der Waals surface area contributed by atoms with Gasteiger partial charge in [-0.2, -0.15) is 0 Å². The van der Waals surface area contributed by atoms with Gasteiger partial charge in [0, 0.05) is 13.1 Å². The molecule has 1 atom stereocenters. The number of likely N-dealkylation sites (tertiary alicyclic amines) is 1. The van der Waals surface area contributed by atoms with Crippen LogP contribution in [0.3, 0.4) is 0 Å². The summed E-state index contributed by atoms with van der Waals surface area (Å²) in [5.74, 6) is 0. The number of fused-ring (bicyclic) bond motifs is 1. The molecule has 6 heteroatoms. The van der Waals surface area contributed by atoms with Gasteiger partial charge in [-0.3, -0.25) is 0 Å². The number of β-amino-alcohol motifs (C(OH)–C–C–N with tert-alkyl or cyclic N) is 1. The lowest BCUT2D eigenvalue weighted by Gasteiger charge is -2.08. The van der Waals surface area contributed by atoms with E-state index in [1.807, 2.05) is 29.2 Å². The van der Waals surface area contributed by atoms with Crippen molar-refractivity contribution in [1.29, 1.82) is 0 Å². The second-order valence-corrected chi connectivity index (χ2v) is 4.14. The van der Waals surface area contributed by atoms with E-state index in [4.69, 9.17) is 0 Å². The Labute approximate surface area is 98.1 Å². The third-order valence-electron chi connectivity index (χ3n) is 2.85. The summed E-state index contributed by atoms with van der Waals surface area (Å²) in [7, 11) is 0. The summed E-state index contributed by atoms with van der Waals surface area (Å²) >= 11 is 0. The number of nitrogens with zero attached hydrogens (tertiary/aromatic N) is 5. The van der Waals surface area contributed by atoms with E-state index < -0.39 is 0 Å². The molecule has 0 radical (unpaired) electrons. The molecule has 0 amide bonds. The van der Waals surface area contributed by atoms with Crippen molar-refractivity contribution in [2.45, 2.75) is 12.5 Å². The van der Waals surface area contributed by atoms with Gasteiger partial charge in [-0.25, -0.2) is 0 Å². The lowest BCUT2D eigenvalue weighted by atomic mass is 10.3. The number of aliphatic hydroxyl groups is 1. The van der Waals surface area contributed by atoms with Crippen LogP contribution in [-0.2, 0) is 0 Å². The normalized spacial score (nSPS) is 20.8.